The predicted molar refractivity (Wildman–Crippen MR) is 72.7 cm³/mol. The van der Waals surface area contributed by atoms with E-state index in [-0.39, 0.29) is 25.5 Å². The van der Waals surface area contributed by atoms with Crippen molar-refractivity contribution in [3.63, 3.8) is 0 Å². The van der Waals surface area contributed by atoms with Crippen molar-refractivity contribution in [3.8, 4) is 0 Å². The molecule has 7 nitrogen and oxygen atoms in total. The lowest BCUT2D eigenvalue weighted by Gasteiger charge is -2.32. The highest BCUT2D eigenvalue weighted by Gasteiger charge is 2.35. The Balaban J connectivity index is 1.98. The maximum atomic E-state index is 12.0. The summed E-state index contributed by atoms with van der Waals surface area (Å²) in [5.41, 5.74) is 0. The summed E-state index contributed by atoms with van der Waals surface area (Å²) in [6.45, 7) is -0.124. The number of carboxylic acid groups (broad SMARTS) is 1. The third-order valence-corrected chi connectivity index (χ3v) is 4.00. The van der Waals surface area contributed by atoms with Gasteiger partial charge < -0.3 is 15.7 Å². The number of carboxylic acids is 1. The van der Waals surface area contributed by atoms with Gasteiger partial charge in [-0.15, -0.1) is 11.3 Å². The van der Waals surface area contributed by atoms with Gasteiger partial charge in [-0.25, -0.2) is 9.59 Å². The fraction of sp³-hybridized carbons (Fsp3) is 0.364. The van der Waals surface area contributed by atoms with Crippen molar-refractivity contribution < 1.29 is 19.5 Å². The first-order valence-corrected chi connectivity index (χ1v) is 6.95. The molecule has 3 N–H and O–H groups in total. The molecule has 2 rings (SSSR count). The Morgan fingerprint density at radius 1 is 1.55 bits per heavy atom. The first-order valence-electron chi connectivity index (χ1n) is 5.75. The van der Waals surface area contributed by atoms with Crippen molar-refractivity contribution in [1.82, 2.24) is 15.5 Å². The second-order valence-corrected chi connectivity index (χ2v) is 5.95. The van der Waals surface area contributed by atoms with Crippen LogP contribution in [0, 0.1) is 0 Å². The Hall–Kier alpha value is -1.80. The average Bonchev–Trinajstić information content (AvgIpc) is 2.81. The Kier molecular flexibility index (Phi) is 4.46. The van der Waals surface area contributed by atoms with Crippen LogP contribution in [0.25, 0.3) is 0 Å². The van der Waals surface area contributed by atoms with Crippen molar-refractivity contribution in [2.24, 2.45) is 0 Å². The maximum absolute atomic E-state index is 12.0. The molecule has 1 aromatic rings. The number of thiophene rings is 1. The fourth-order valence-electron chi connectivity index (χ4n) is 1.79. The number of carbonyl (C=O) groups is 3. The van der Waals surface area contributed by atoms with E-state index in [0.29, 0.717) is 4.34 Å². The molecule has 1 atom stereocenters. The van der Waals surface area contributed by atoms with Crippen molar-refractivity contribution in [2.75, 3.05) is 13.1 Å². The molecule has 1 aromatic heterocycles. The standard InChI is InChI=1S/C11H12ClN3O4S/c12-8-2-1-6(20-8)3-14-11(19)15-5-9(16)13-4-7(15)10(17)18/h1-2,7H,3-5H2,(H,13,16)(H,14,19)(H,17,18). The molecule has 1 aliphatic heterocycles. The highest BCUT2D eigenvalue weighted by atomic mass is 35.5. The Morgan fingerprint density at radius 3 is 2.90 bits per heavy atom. The van der Waals surface area contributed by atoms with Gasteiger partial charge in [-0.3, -0.25) is 9.69 Å². The largest absolute Gasteiger partial charge is 0.480 e. The lowest BCUT2D eigenvalue weighted by molar-refractivity contribution is -0.144. The van der Waals surface area contributed by atoms with Gasteiger partial charge in [0.25, 0.3) is 0 Å². The molecule has 0 aliphatic carbocycles. The lowest BCUT2D eigenvalue weighted by atomic mass is 10.2. The predicted octanol–water partition coefficient (Wildman–Crippen LogP) is 0.496. The molecule has 0 bridgehead atoms. The second-order valence-electron chi connectivity index (χ2n) is 4.15. The number of rotatable bonds is 3. The summed E-state index contributed by atoms with van der Waals surface area (Å²) < 4.78 is 0.606. The summed E-state index contributed by atoms with van der Waals surface area (Å²) in [5, 5.41) is 14.0. The summed E-state index contributed by atoms with van der Waals surface area (Å²) in [5.74, 6) is -1.53. The topological polar surface area (TPSA) is 98.7 Å². The summed E-state index contributed by atoms with van der Waals surface area (Å²) >= 11 is 7.09. The number of halogens is 1. The van der Waals surface area contributed by atoms with E-state index in [1.807, 2.05) is 0 Å². The monoisotopic (exact) mass is 317 g/mol. The van der Waals surface area contributed by atoms with Crippen LogP contribution < -0.4 is 10.6 Å². The molecule has 20 heavy (non-hydrogen) atoms. The van der Waals surface area contributed by atoms with Crippen LogP contribution in [-0.4, -0.2) is 47.0 Å². The summed E-state index contributed by atoms with van der Waals surface area (Å²) in [7, 11) is 0. The second kappa shape index (κ2) is 6.10. The minimum absolute atomic E-state index is 0.0909. The van der Waals surface area contributed by atoms with Crippen LogP contribution in [0.1, 0.15) is 4.88 Å². The van der Waals surface area contributed by atoms with E-state index >= 15 is 0 Å². The average molecular weight is 318 g/mol. The lowest BCUT2D eigenvalue weighted by Crippen LogP contribution is -2.61. The van der Waals surface area contributed by atoms with Gasteiger partial charge in [0.15, 0.2) is 0 Å². The number of nitrogens with one attached hydrogen (secondary N) is 2. The molecule has 1 saturated heterocycles. The molecule has 3 amide bonds. The zero-order valence-electron chi connectivity index (χ0n) is 10.3. The van der Waals surface area contributed by atoms with Crippen molar-refractivity contribution in [3.05, 3.63) is 21.3 Å². The fourth-order valence-corrected chi connectivity index (χ4v) is 2.81. The van der Waals surface area contributed by atoms with Crippen LogP contribution in [0.5, 0.6) is 0 Å². The number of nitrogens with zero attached hydrogens (tertiary/aromatic N) is 1. The van der Waals surface area contributed by atoms with Gasteiger partial charge in [-0.1, -0.05) is 11.6 Å². The number of aliphatic carboxylic acids is 1. The molecule has 1 fully saturated rings. The van der Waals surface area contributed by atoms with Crippen LogP contribution in [0.15, 0.2) is 12.1 Å². The van der Waals surface area contributed by atoms with E-state index in [4.69, 9.17) is 16.7 Å². The molecule has 1 aliphatic rings. The number of amides is 3. The van der Waals surface area contributed by atoms with E-state index in [0.717, 1.165) is 9.78 Å². The van der Waals surface area contributed by atoms with E-state index in [1.165, 1.54) is 11.3 Å². The van der Waals surface area contributed by atoms with E-state index in [9.17, 15) is 14.4 Å². The van der Waals surface area contributed by atoms with Crippen LogP contribution in [0.2, 0.25) is 4.34 Å². The number of carbonyl (C=O) groups excluding carboxylic acids is 2. The van der Waals surface area contributed by atoms with E-state index < -0.39 is 18.0 Å². The molecule has 9 heteroatoms. The van der Waals surface area contributed by atoms with Crippen molar-refractivity contribution in [2.45, 2.75) is 12.6 Å². The van der Waals surface area contributed by atoms with Gasteiger partial charge in [0.1, 0.15) is 12.6 Å². The third kappa shape index (κ3) is 3.40. The number of hydrogen-bond acceptors (Lipinski definition) is 4. The zero-order valence-corrected chi connectivity index (χ0v) is 11.8. The highest BCUT2D eigenvalue weighted by molar-refractivity contribution is 7.16. The first-order chi connectivity index (χ1) is 9.47. The van der Waals surface area contributed by atoms with E-state index in [2.05, 4.69) is 10.6 Å². The van der Waals surface area contributed by atoms with Gasteiger partial charge in [-0.05, 0) is 12.1 Å². The van der Waals surface area contributed by atoms with Crippen LogP contribution >= 0.6 is 22.9 Å². The van der Waals surface area contributed by atoms with Crippen LogP contribution in [-0.2, 0) is 16.1 Å². The first kappa shape index (κ1) is 14.6. The quantitative estimate of drug-likeness (QED) is 0.756. The molecule has 0 spiro atoms. The molecular weight excluding hydrogens is 306 g/mol. The molecule has 0 saturated carbocycles. The van der Waals surface area contributed by atoms with Gasteiger partial charge in [0.2, 0.25) is 5.91 Å². The third-order valence-electron chi connectivity index (χ3n) is 2.77. The van der Waals surface area contributed by atoms with Crippen LogP contribution in [0.3, 0.4) is 0 Å². The number of hydrogen-bond donors (Lipinski definition) is 3. The SMILES string of the molecule is O=C1CN(C(=O)NCc2ccc(Cl)s2)C(C(=O)O)CN1. The molecule has 0 radical (unpaired) electrons. The van der Waals surface area contributed by atoms with Gasteiger partial charge >= 0.3 is 12.0 Å². The van der Waals surface area contributed by atoms with Gasteiger partial charge in [0.05, 0.1) is 10.9 Å². The Bertz CT molecular complexity index is 548. The van der Waals surface area contributed by atoms with E-state index in [1.54, 1.807) is 12.1 Å². The Morgan fingerprint density at radius 2 is 2.30 bits per heavy atom. The summed E-state index contributed by atoms with van der Waals surface area (Å²) in [6, 6.07) is 1.84. The van der Waals surface area contributed by atoms with Crippen LogP contribution in [0.4, 0.5) is 4.79 Å². The molecule has 1 unspecified atom stereocenters. The minimum atomic E-state index is -1.15. The number of piperazine rings is 1. The van der Waals surface area contributed by atoms with Gasteiger partial charge in [0, 0.05) is 11.4 Å². The van der Waals surface area contributed by atoms with Crippen molar-refractivity contribution >= 4 is 40.8 Å². The van der Waals surface area contributed by atoms with Crippen molar-refractivity contribution in [1.29, 1.82) is 0 Å². The molecular formula is C11H12ClN3O4S. The minimum Gasteiger partial charge on any atom is -0.480 e. The molecule has 0 aromatic carbocycles. The summed E-state index contributed by atoms with van der Waals surface area (Å²) in [6.07, 6.45) is 0. The smallest absolute Gasteiger partial charge is 0.328 e. The number of urea groups is 1. The highest BCUT2D eigenvalue weighted by Crippen LogP contribution is 2.21. The zero-order chi connectivity index (χ0) is 14.7. The van der Waals surface area contributed by atoms with Gasteiger partial charge in [-0.2, -0.15) is 0 Å². The molecule has 2 heterocycles. The summed E-state index contributed by atoms with van der Waals surface area (Å²) in [4.78, 5) is 36.2. The normalized spacial score (nSPS) is 18.6. The Labute approximate surface area is 123 Å². The maximum Gasteiger partial charge on any atom is 0.328 e. The molecule has 108 valence electrons.